The maximum Gasteiger partial charge on any atom is 0.237 e. The zero-order valence-corrected chi connectivity index (χ0v) is 10.2. The van der Waals surface area contributed by atoms with E-state index < -0.39 is 0 Å². The van der Waals surface area contributed by atoms with Crippen LogP contribution in [0.2, 0.25) is 0 Å². The summed E-state index contributed by atoms with van der Waals surface area (Å²) in [6.45, 7) is 6.13. The Labute approximate surface area is 97.5 Å². The maximum atomic E-state index is 11.5. The molecule has 0 spiro atoms. The molecule has 4 nitrogen and oxygen atoms in total. The number of nitrogens with one attached hydrogen (secondary N) is 2. The van der Waals surface area contributed by atoms with Crippen molar-refractivity contribution in [2.24, 2.45) is 0 Å². The molecular weight excluding hydrogens is 216 g/mol. The van der Waals surface area contributed by atoms with E-state index in [-0.39, 0.29) is 30.5 Å². The third-order valence-electron chi connectivity index (χ3n) is 2.23. The fourth-order valence-corrected chi connectivity index (χ4v) is 1.50. The Kier molecular flexibility index (Phi) is 7.74. The minimum atomic E-state index is 0. The average molecular weight is 237 g/mol. The molecule has 1 heterocycles. The van der Waals surface area contributed by atoms with Gasteiger partial charge < -0.3 is 15.4 Å². The molecule has 1 saturated heterocycles. The van der Waals surface area contributed by atoms with Gasteiger partial charge in [0, 0.05) is 6.54 Å². The molecule has 0 aromatic heterocycles. The molecule has 0 bridgehead atoms. The van der Waals surface area contributed by atoms with Gasteiger partial charge in [-0.15, -0.1) is 12.4 Å². The number of ether oxygens (including phenoxy) is 1. The second-order valence-electron chi connectivity index (χ2n) is 3.86. The monoisotopic (exact) mass is 236 g/mol. The van der Waals surface area contributed by atoms with Crippen molar-refractivity contribution in [3.05, 3.63) is 0 Å². The van der Waals surface area contributed by atoms with Crippen LogP contribution < -0.4 is 10.6 Å². The maximum absolute atomic E-state index is 11.5. The Morgan fingerprint density at radius 1 is 1.60 bits per heavy atom. The van der Waals surface area contributed by atoms with Gasteiger partial charge in [0.1, 0.15) is 0 Å². The van der Waals surface area contributed by atoms with Crippen LogP contribution in [0.5, 0.6) is 0 Å². The number of hydrogen-bond donors (Lipinski definition) is 2. The van der Waals surface area contributed by atoms with Gasteiger partial charge in [0.05, 0.1) is 18.8 Å². The predicted octanol–water partition coefficient (Wildman–Crippen LogP) is 0.701. The molecule has 0 aliphatic carbocycles. The second kappa shape index (κ2) is 7.91. The Morgan fingerprint density at radius 3 is 2.87 bits per heavy atom. The smallest absolute Gasteiger partial charge is 0.237 e. The normalized spacial score (nSPS) is 20.1. The van der Waals surface area contributed by atoms with Crippen molar-refractivity contribution in [3.63, 3.8) is 0 Å². The van der Waals surface area contributed by atoms with Gasteiger partial charge in [-0.25, -0.2) is 0 Å². The van der Waals surface area contributed by atoms with E-state index in [0.717, 1.165) is 19.4 Å². The zero-order valence-electron chi connectivity index (χ0n) is 9.41. The molecule has 0 aromatic carbocycles. The minimum Gasteiger partial charge on any atom is -0.377 e. The summed E-state index contributed by atoms with van der Waals surface area (Å²) >= 11 is 0. The molecule has 0 unspecified atom stereocenters. The highest BCUT2D eigenvalue weighted by Crippen LogP contribution is 2.03. The number of carbonyl (C=O) groups is 1. The highest BCUT2D eigenvalue weighted by molar-refractivity contribution is 5.85. The minimum absolute atomic E-state index is 0. The third-order valence-corrected chi connectivity index (χ3v) is 2.23. The third kappa shape index (κ3) is 5.97. The van der Waals surface area contributed by atoms with Crippen molar-refractivity contribution in [2.45, 2.75) is 38.8 Å². The lowest BCUT2D eigenvalue weighted by Gasteiger charge is -2.12. The zero-order chi connectivity index (χ0) is 10.4. The molecule has 1 rings (SSSR count). The first-order chi connectivity index (χ1) is 6.70. The lowest BCUT2D eigenvalue weighted by atomic mass is 10.2. The van der Waals surface area contributed by atoms with Crippen molar-refractivity contribution in [2.75, 3.05) is 19.7 Å². The summed E-state index contributed by atoms with van der Waals surface area (Å²) in [5.41, 5.74) is 0. The molecule has 0 radical (unpaired) electrons. The average Bonchev–Trinajstić information content (AvgIpc) is 2.64. The van der Waals surface area contributed by atoms with Crippen LogP contribution in [0.15, 0.2) is 0 Å². The molecule has 2 N–H and O–H groups in total. The number of carbonyl (C=O) groups excluding carboxylic acids is 1. The van der Waals surface area contributed by atoms with Gasteiger partial charge in [0.2, 0.25) is 5.91 Å². The number of halogens is 1. The molecule has 15 heavy (non-hydrogen) atoms. The van der Waals surface area contributed by atoms with Crippen molar-refractivity contribution in [3.8, 4) is 0 Å². The van der Waals surface area contributed by atoms with Gasteiger partial charge >= 0.3 is 0 Å². The molecule has 1 fully saturated rings. The Balaban J connectivity index is 0.00000196. The van der Waals surface area contributed by atoms with E-state index in [2.05, 4.69) is 10.6 Å². The number of rotatable bonds is 5. The summed E-state index contributed by atoms with van der Waals surface area (Å²) in [4.78, 5) is 11.5. The molecule has 1 aliphatic heterocycles. The largest absolute Gasteiger partial charge is 0.377 e. The van der Waals surface area contributed by atoms with E-state index >= 15 is 0 Å². The number of hydrogen-bond acceptors (Lipinski definition) is 3. The quantitative estimate of drug-likeness (QED) is 0.691. The highest BCUT2D eigenvalue weighted by atomic mass is 35.5. The summed E-state index contributed by atoms with van der Waals surface area (Å²) in [6.07, 6.45) is 2.29. The van der Waals surface area contributed by atoms with Crippen LogP contribution in [0.25, 0.3) is 0 Å². The van der Waals surface area contributed by atoms with Gasteiger partial charge in [0.15, 0.2) is 0 Å². The van der Waals surface area contributed by atoms with Gasteiger partial charge in [-0.3, -0.25) is 4.79 Å². The van der Waals surface area contributed by atoms with Crippen LogP contribution >= 0.6 is 12.4 Å². The van der Waals surface area contributed by atoms with Gasteiger partial charge in [0.25, 0.3) is 0 Å². The molecule has 1 aliphatic rings. The Morgan fingerprint density at radius 2 is 2.33 bits per heavy atom. The standard InChI is InChI=1S/C10H20N2O2.ClH/c1-8(2)14-7-6-12-10(13)9-4-3-5-11-9;/h8-9,11H,3-7H2,1-2H3,(H,12,13);1H/t9-;/m0./s1. The number of amides is 1. The molecule has 5 heteroatoms. The van der Waals surface area contributed by atoms with E-state index in [1.807, 2.05) is 13.8 Å². The van der Waals surface area contributed by atoms with E-state index in [4.69, 9.17) is 4.74 Å². The molecule has 1 atom stereocenters. The second-order valence-corrected chi connectivity index (χ2v) is 3.86. The van der Waals surface area contributed by atoms with Crippen LogP contribution in [0, 0.1) is 0 Å². The summed E-state index contributed by atoms with van der Waals surface area (Å²) in [7, 11) is 0. The van der Waals surface area contributed by atoms with Crippen molar-refractivity contribution in [1.82, 2.24) is 10.6 Å². The van der Waals surface area contributed by atoms with Gasteiger partial charge in [-0.1, -0.05) is 0 Å². The van der Waals surface area contributed by atoms with Crippen LogP contribution in [0.4, 0.5) is 0 Å². The summed E-state index contributed by atoms with van der Waals surface area (Å²) < 4.78 is 5.32. The highest BCUT2D eigenvalue weighted by Gasteiger charge is 2.20. The fraction of sp³-hybridized carbons (Fsp3) is 0.900. The lowest BCUT2D eigenvalue weighted by molar-refractivity contribution is -0.123. The molecule has 0 saturated carbocycles. The summed E-state index contributed by atoms with van der Waals surface area (Å²) in [6, 6.07) is 0.0223. The lowest BCUT2D eigenvalue weighted by Crippen LogP contribution is -2.41. The van der Waals surface area contributed by atoms with Crippen molar-refractivity contribution >= 4 is 18.3 Å². The van der Waals surface area contributed by atoms with Crippen LogP contribution in [-0.2, 0) is 9.53 Å². The van der Waals surface area contributed by atoms with Crippen LogP contribution in [-0.4, -0.2) is 37.7 Å². The topological polar surface area (TPSA) is 50.4 Å². The fourth-order valence-electron chi connectivity index (χ4n) is 1.50. The molecule has 0 aromatic rings. The first kappa shape index (κ1) is 14.7. The molecule has 1 amide bonds. The van der Waals surface area contributed by atoms with Crippen LogP contribution in [0.1, 0.15) is 26.7 Å². The van der Waals surface area contributed by atoms with E-state index in [0.29, 0.717) is 13.2 Å². The Hall–Kier alpha value is -0.320. The van der Waals surface area contributed by atoms with Gasteiger partial charge in [-0.05, 0) is 33.2 Å². The van der Waals surface area contributed by atoms with Crippen molar-refractivity contribution in [1.29, 1.82) is 0 Å². The first-order valence-electron chi connectivity index (χ1n) is 5.33. The van der Waals surface area contributed by atoms with E-state index in [1.165, 1.54) is 0 Å². The predicted molar refractivity (Wildman–Crippen MR) is 62.4 cm³/mol. The van der Waals surface area contributed by atoms with E-state index in [1.54, 1.807) is 0 Å². The first-order valence-corrected chi connectivity index (χ1v) is 5.33. The van der Waals surface area contributed by atoms with Crippen molar-refractivity contribution < 1.29 is 9.53 Å². The molecule has 90 valence electrons. The SMILES string of the molecule is CC(C)OCCNC(=O)[C@@H]1CCCN1.Cl. The Bertz CT molecular complexity index is 182. The summed E-state index contributed by atoms with van der Waals surface area (Å²) in [5, 5.41) is 6.01. The van der Waals surface area contributed by atoms with Gasteiger partial charge in [-0.2, -0.15) is 0 Å². The molecular formula is C10H21ClN2O2. The van der Waals surface area contributed by atoms with E-state index in [9.17, 15) is 4.79 Å². The summed E-state index contributed by atoms with van der Waals surface area (Å²) in [5.74, 6) is 0.106. The van der Waals surface area contributed by atoms with Crippen LogP contribution in [0.3, 0.4) is 0 Å².